The number of likely N-dealkylation sites (tertiary alicyclic amines) is 1. The number of hydrogen-bond acceptors (Lipinski definition) is 4. The van der Waals surface area contributed by atoms with E-state index in [0.717, 1.165) is 12.2 Å². The molecule has 17 heavy (non-hydrogen) atoms. The predicted molar refractivity (Wildman–Crippen MR) is 75.2 cm³/mol. The fourth-order valence-electron chi connectivity index (χ4n) is 1.91. The molecule has 0 saturated carbocycles. The smallest absolute Gasteiger partial charge is 0.240 e. The lowest BCUT2D eigenvalue weighted by molar-refractivity contribution is -0.138. The second-order valence-corrected chi connectivity index (χ2v) is 4.97. The van der Waals surface area contributed by atoms with E-state index in [9.17, 15) is 9.59 Å². The third-order valence-corrected chi connectivity index (χ3v) is 3.46. The first kappa shape index (κ1) is 16.7. The first-order valence-electron chi connectivity index (χ1n) is 5.42. The average molecular weight is 326 g/mol. The molecule has 7 heteroatoms. The lowest BCUT2D eigenvalue weighted by Crippen LogP contribution is -2.50. The summed E-state index contributed by atoms with van der Waals surface area (Å²) in [7, 11) is 0. The van der Waals surface area contributed by atoms with Gasteiger partial charge in [0.15, 0.2) is 0 Å². The number of nitrogens with two attached hydrogens (primary N) is 2. The molecule has 1 aliphatic heterocycles. The minimum absolute atomic E-state index is 0. The number of thioether (sulfide) groups is 1. The van der Waals surface area contributed by atoms with Crippen molar-refractivity contribution in [1.29, 1.82) is 0 Å². The third kappa shape index (κ3) is 4.48. The van der Waals surface area contributed by atoms with Gasteiger partial charge in [0.25, 0.3) is 0 Å². The second-order valence-electron chi connectivity index (χ2n) is 3.98. The van der Waals surface area contributed by atoms with E-state index in [-0.39, 0.29) is 22.9 Å². The Morgan fingerprint density at radius 1 is 1.53 bits per heavy atom. The van der Waals surface area contributed by atoms with Crippen LogP contribution in [0, 0.1) is 0 Å². The Kier molecular flexibility index (Phi) is 7.82. The highest BCUT2D eigenvalue weighted by molar-refractivity contribution is 8.93. The van der Waals surface area contributed by atoms with Crippen LogP contribution < -0.4 is 11.5 Å². The number of primary amides is 1. The summed E-state index contributed by atoms with van der Waals surface area (Å²) >= 11 is 1.65. The van der Waals surface area contributed by atoms with E-state index in [1.165, 1.54) is 4.90 Å². The Morgan fingerprint density at radius 3 is 2.71 bits per heavy atom. The molecule has 1 heterocycles. The maximum atomic E-state index is 11.9. The summed E-state index contributed by atoms with van der Waals surface area (Å²) in [5, 5.41) is 0. The van der Waals surface area contributed by atoms with Crippen LogP contribution in [0.5, 0.6) is 0 Å². The normalized spacial score (nSPS) is 20.8. The summed E-state index contributed by atoms with van der Waals surface area (Å²) in [5.41, 5.74) is 11.0. The van der Waals surface area contributed by atoms with E-state index >= 15 is 0 Å². The molecule has 0 spiro atoms. The molecule has 5 nitrogen and oxygen atoms in total. The SMILES string of the molecule is Br.CSCC[C@H](N)C(=O)N1CCC[C@H]1C(N)=O. The van der Waals surface area contributed by atoms with Crippen molar-refractivity contribution in [3.63, 3.8) is 0 Å². The van der Waals surface area contributed by atoms with Gasteiger partial charge >= 0.3 is 0 Å². The van der Waals surface area contributed by atoms with Crippen LogP contribution in [-0.2, 0) is 9.59 Å². The van der Waals surface area contributed by atoms with Gasteiger partial charge in [0.2, 0.25) is 11.8 Å². The highest BCUT2D eigenvalue weighted by Gasteiger charge is 2.34. The minimum Gasteiger partial charge on any atom is -0.368 e. The molecule has 0 radical (unpaired) electrons. The Labute approximate surface area is 116 Å². The van der Waals surface area contributed by atoms with E-state index in [1.807, 2.05) is 6.26 Å². The van der Waals surface area contributed by atoms with Crippen molar-refractivity contribution in [2.24, 2.45) is 11.5 Å². The topological polar surface area (TPSA) is 89.4 Å². The van der Waals surface area contributed by atoms with E-state index in [1.54, 1.807) is 11.8 Å². The first-order valence-corrected chi connectivity index (χ1v) is 6.81. The molecule has 1 fully saturated rings. The molecule has 1 rings (SSSR count). The van der Waals surface area contributed by atoms with Crippen LogP contribution in [0.25, 0.3) is 0 Å². The molecule has 0 unspecified atom stereocenters. The largest absolute Gasteiger partial charge is 0.368 e. The quantitative estimate of drug-likeness (QED) is 0.751. The van der Waals surface area contributed by atoms with Crippen molar-refractivity contribution in [3.05, 3.63) is 0 Å². The van der Waals surface area contributed by atoms with Crippen molar-refractivity contribution in [2.75, 3.05) is 18.6 Å². The van der Waals surface area contributed by atoms with Crippen LogP contribution in [0.3, 0.4) is 0 Å². The molecule has 0 aromatic rings. The fraction of sp³-hybridized carbons (Fsp3) is 0.800. The van der Waals surface area contributed by atoms with Gasteiger partial charge < -0.3 is 16.4 Å². The maximum Gasteiger partial charge on any atom is 0.240 e. The Hall–Kier alpha value is -0.270. The molecule has 0 aromatic heterocycles. The van der Waals surface area contributed by atoms with Crippen LogP contribution >= 0.6 is 28.7 Å². The molecule has 2 atom stereocenters. The molecule has 0 aromatic carbocycles. The molecule has 1 aliphatic rings. The van der Waals surface area contributed by atoms with Gasteiger partial charge in [-0.2, -0.15) is 11.8 Å². The summed E-state index contributed by atoms with van der Waals surface area (Å²) in [5.74, 6) is 0.278. The first-order chi connectivity index (χ1) is 7.57. The number of amides is 2. The van der Waals surface area contributed by atoms with Gasteiger partial charge in [-0.25, -0.2) is 0 Å². The molecule has 2 amide bonds. The van der Waals surface area contributed by atoms with Crippen molar-refractivity contribution >= 4 is 40.6 Å². The average Bonchev–Trinajstić information content (AvgIpc) is 2.73. The number of halogens is 1. The highest BCUT2D eigenvalue weighted by atomic mass is 79.9. The Morgan fingerprint density at radius 2 is 2.18 bits per heavy atom. The third-order valence-electron chi connectivity index (χ3n) is 2.81. The van der Waals surface area contributed by atoms with Crippen LogP contribution in [0.15, 0.2) is 0 Å². The standard InChI is InChI=1S/C10H19N3O2S.BrH/c1-16-6-4-7(11)10(15)13-5-2-3-8(13)9(12)14;/h7-8H,2-6,11H2,1H3,(H2,12,14);1H/t7-,8-;/m0./s1. The van der Waals surface area contributed by atoms with Crippen LogP contribution in [-0.4, -0.2) is 47.4 Å². The molecular weight excluding hydrogens is 306 g/mol. The lowest BCUT2D eigenvalue weighted by atomic mass is 10.1. The highest BCUT2D eigenvalue weighted by Crippen LogP contribution is 2.18. The van der Waals surface area contributed by atoms with E-state index in [2.05, 4.69) is 0 Å². The van der Waals surface area contributed by atoms with E-state index in [4.69, 9.17) is 11.5 Å². The Balaban J connectivity index is 0.00000256. The molecule has 0 aliphatic carbocycles. The number of nitrogens with zero attached hydrogens (tertiary/aromatic N) is 1. The monoisotopic (exact) mass is 325 g/mol. The summed E-state index contributed by atoms with van der Waals surface area (Å²) < 4.78 is 0. The molecule has 0 bridgehead atoms. The van der Waals surface area contributed by atoms with Gasteiger partial charge in [0, 0.05) is 6.54 Å². The number of hydrogen-bond donors (Lipinski definition) is 2. The number of carbonyl (C=O) groups excluding carboxylic acids is 2. The molecule has 100 valence electrons. The predicted octanol–water partition coefficient (Wildman–Crippen LogP) is 0.121. The second kappa shape index (κ2) is 7.94. The van der Waals surface area contributed by atoms with Gasteiger partial charge in [0.1, 0.15) is 6.04 Å². The van der Waals surface area contributed by atoms with Crippen molar-refractivity contribution < 1.29 is 9.59 Å². The van der Waals surface area contributed by atoms with Gasteiger partial charge in [-0.3, -0.25) is 9.59 Å². The van der Waals surface area contributed by atoms with Crippen LogP contribution in [0.4, 0.5) is 0 Å². The zero-order valence-corrected chi connectivity index (χ0v) is 12.5. The zero-order chi connectivity index (χ0) is 12.1. The minimum atomic E-state index is -0.507. The van der Waals surface area contributed by atoms with Crippen molar-refractivity contribution in [3.8, 4) is 0 Å². The summed E-state index contributed by atoms with van der Waals surface area (Å²) in [6.07, 6.45) is 4.10. The number of rotatable bonds is 5. The van der Waals surface area contributed by atoms with Crippen LogP contribution in [0.2, 0.25) is 0 Å². The van der Waals surface area contributed by atoms with E-state index in [0.29, 0.717) is 19.4 Å². The number of carbonyl (C=O) groups is 2. The molecule has 4 N–H and O–H groups in total. The summed E-state index contributed by atoms with van der Waals surface area (Å²) in [6.45, 7) is 0.597. The summed E-state index contributed by atoms with van der Waals surface area (Å²) in [6, 6.07) is -0.958. The molecule has 1 saturated heterocycles. The fourth-order valence-corrected chi connectivity index (χ4v) is 2.40. The summed E-state index contributed by atoms with van der Waals surface area (Å²) in [4.78, 5) is 24.6. The van der Waals surface area contributed by atoms with Gasteiger partial charge in [-0.15, -0.1) is 17.0 Å². The van der Waals surface area contributed by atoms with Crippen molar-refractivity contribution in [1.82, 2.24) is 4.90 Å². The lowest BCUT2D eigenvalue weighted by Gasteiger charge is -2.25. The van der Waals surface area contributed by atoms with Gasteiger partial charge in [-0.1, -0.05) is 0 Å². The maximum absolute atomic E-state index is 11.9. The molecular formula is C10H20BrN3O2S. The zero-order valence-electron chi connectivity index (χ0n) is 9.93. The van der Waals surface area contributed by atoms with Crippen LogP contribution in [0.1, 0.15) is 19.3 Å². The van der Waals surface area contributed by atoms with Crippen molar-refractivity contribution in [2.45, 2.75) is 31.3 Å². The Bertz CT molecular complexity index is 278. The van der Waals surface area contributed by atoms with E-state index < -0.39 is 18.0 Å². The van der Waals surface area contributed by atoms with Gasteiger partial charge in [-0.05, 0) is 31.3 Å². The van der Waals surface area contributed by atoms with Gasteiger partial charge in [0.05, 0.1) is 6.04 Å².